The number of nitrogens with zero attached hydrogens (tertiary/aromatic N) is 2. The molecule has 0 saturated carbocycles. The number of aromatic nitrogens is 1. The molecule has 3 nitrogen and oxygen atoms in total. The number of aryl methyl sites for hydroxylation is 1. The zero-order valence-corrected chi connectivity index (χ0v) is 13.4. The Morgan fingerprint density at radius 2 is 2.05 bits per heavy atom. The maximum atomic E-state index is 5.36. The van der Waals surface area contributed by atoms with Crippen LogP contribution in [0.3, 0.4) is 0 Å². The molecule has 0 fully saturated rings. The average molecular weight is 284 g/mol. The van der Waals surface area contributed by atoms with Crippen molar-refractivity contribution in [2.24, 2.45) is 0 Å². The minimum absolute atomic E-state index is 0.0354. The van der Waals surface area contributed by atoms with Gasteiger partial charge in [0.15, 0.2) is 0 Å². The van der Waals surface area contributed by atoms with Crippen molar-refractivity contribution in [3.05, 3.63) is 46.8 Å². The number of benzene rings is 1. The molecular formula is C18H24N2O. The van der Waals surface area contributed by atoms with Crippen molar-refractivity contribution in [2.75, 3.05) is 18.0 Å². The quantitative estimate of drug-likeness (QED) is 0.847. The highest BCUT2D eigenvalue weighted by Gasteiger charge is 2.41. The van der Waals surface area contributed by atoms with Gasteiger partial charge in [-0.15, -0.1) is 0 Å². The Labute approximate surface area is 126 Å². The molecule has 0 bridgehead atoms. The number of fused-ring (bicyclic) bond motifs is 1. The van der Waals surface area contributed by atoms with Gasteiger partial charge in [0, 0.05) is 18.5 Å². The third kappa shape index (κ3) is 2.06. The molecule has 0 spiro atoms. The second-order valence-electron chi connectivity index (χ2n) is 6.15. The van der Waals surface area contributed by atoms with Crippen LogP contribution in [0.15, 0.2) is 29.0 Å². The predicted octanol–water partition coefficient (Wildman–Crippen LogP) is 4.08. The Balaban J connectivity index is 2.11. The number of rotatable bonds is 4. The van der Waals surface area contributed by atoms with Crippen molar-refractivity contribution in [2.45, 2.75) is 46.0 Å². The summed E-state index contributed by atoms with van der Waals surface area (Å²) in [4.78, 5) is 2.32. The first-order valence-electron chi connectivity index (χ1n) is 7.90. The van der Waals surface area contributed by atoms with E-state index in [2.05, 4.69) is 56.0 Å². The molecule has 0 aliphatic heterocycles. The lowest BCUT2D eigenvalue weighted by molar-refractivity contribution is 0.392. The highest BCUT2D eigenvalue weighted by atomic mass is 16.5. The van der Waals surface area contributed by atoms with E-state index in [9.17, 15) is 0 Å². The fraction of sp³-hybridized carbons (Fsp3) is 0.500. The van der Waals surface area contributed by atoms with Gasteiger partial charge in [0.25, 0.3) is 0 Å². The monoisotopic (exact) mass is 284 g/mol. The summed E-state index contributed by atoms with van der Waals surface area (Å²) >= 11 is 0. The molecule has 3 rings (SSSR count). The molecule has 1 aromatic heterocycles. The molecule has 1 atom stereocenters. The number of hydrogen-bond acceptors (Lipinski definition) is 3. The molecule has 1 aliphatic rings. The molecule has 0 amide bonds. The average Bonchev–Trinajstić information content (AvgIpc) is 3.08. The summed E-state index contributed by atoms with van der Waals surface area (Å²) in [5.74, 6) is 0. The lowest BCUT2D eigenvalue weighted by atomic mass is 9.80. The van der Waals surface area contributed by atoms with Crippen LogP contribution in [0.25, 0.3) is 0 Å². The SMILES string of the molecule is CCN(CC)c1conc1C1(C)CCc2c(C)cccc21. The molecule has 0 N–H and O–H groups in total. The van der Waals surface area contributed by atoms with Crippen molar-refractivity contribution in [3.8, 4) is 0 Å². The van der Waals surface area contributed by atoms with Crippen LogP contribution < -0.4 is 4.90 Å². The molecule has 0 radical (unpaired) electrons. The molecule has 3 heteroatoms. The Kier molecular flexibility index (Phi) is 3.52. The lowest BCUT2D eigenvalue weighted by Crippen LogP contribution is -2.28. The van der Waals surface area contributed by atoms with Gasteiger partial charge in [-0.1, -0.05) is 23.4 Å². The molecule has 1 unspecified atom stereocenters. The van der Waals surface area contributed by atoms with Crippen molar-refractivity contribution < 1.29 is 4.52 Å². The van der Waals surface area contributed by atoms with Crippen LogP contribution in [-0.2, 0) is 11.8 Å². The Hall–Kier alpha value is -1.77. The van der Waals surface area contributed by atoms with Gasteiger partial charge in [-0.25, -0.2) is 0 Å². The summed E-state index contributed by atoms with van der Waals surface area (Å²) in [5.41, 5.74) is 6.52. The first-order valence-corrected chi connectivity index (χ1v) is 7.90. The van der Waals surface area contributed by atoms with Gasteiger partial charge in [0.2, 0.25) is 0 Å². The second kappa shape index (κ2) is 5.21. The smallest absolute Gasteiger partial charge is 0.147 e. The summed E-state index contributed by atoms with van der Waals surface area (Å²) < 4.78 is 5.36. The number of hydrogen-bond donors (Lipinski definition) is 0. The van der Waals surface area contributed by atoms with E-state index in [1.165, 1.54) is 16.7 Å². The first-order chi connectivity index (χ1) is 10.1. The van der Waals surface area contributed by atoms with Crippen molar-refractivity contribution in [1.29, 1.82) is 0 Å². The van der Waals surface area contributed by atoms with Gasteiger partial charge in [0.05, 0.1) is 0 Å². The largest absolute Gasteiger partial charge is 0.368 e. The first kappa shape index (κ1) is 14.2. The van der Waals surface area contributed by atoms with E-state index in [1.807, 2.05) is 0 Å². The van der Waals surface area contributed by atoms with E-state index in [4.69, 9.17) is 4.52 Å². The summed E-state index contributed by atoms with van der Waals surface area (Å²) in [7, 11) is 0. The molecular weight excluding hydrogens is 260 g/mol. The molecule has 21 heavy (non-hydrogen) atoms. The maximum absolute atomic E-state index is 5.36. The minimum atomic E-state index is -0.0354. The van der Waals surface area contributed by atoms with Gasteiger partial charge in [-0.2, -0.15) is 0 Å². The summed E-state index contributed by atoms with van der Waals surface area (Å²) in [6, 6.07) is 6.63. The zero-order chi connectivity index (χ0) is 15.0. The third-order valence-corrected chi connectivity index (χ3v) is 5.06. The van der Waals surface area contributed by atoms with Crippen LogP contribution in [0.5, 0.6) is 0 Å². The standard InChI is InChI=1S/C18H24N2O/c1-5-20(6-2)16-12-21-19-17(16)18(4)11-10-14-13(3)8-7-9-15(14)18/h7-9,12H,5-6,10-11H2,1-4H3. The molecule has 2 aromatic rings. The molecule has 112 valence electrons. The molecule has 0 saturated heterocycles. The van der Waals surface area contributed by atoms with Gasteiger partial charge in [-0.3, -0.25) is 0 Å². The van der Waals surface area contributed by atoms with Crippen LogP contribution in [0, 0.1) is 6.92 Å². The van der Waals surface area contributed by atoms with E-state index in [0.29, 0.717) is 0 Å². The zero-order valence-electron chi connectivity index (χ0n) is 13.4. The van der Waals surface area contributed by atoms with E-state index >= 15 is 0 Å². The number of anilines is 1. The Bertz CT molecular complexity index is 642. The molecule has 1 aromatic carbocycles. The Morgan fingerprint density at radius 1 is 1.29 bits per heavy atom. The van der Waals surface area contributed by atoms with Crippen molar-refractivity contribution >= 4 is 5.69 Å². The summed E-state index contributed by atoms with van der Waals surface area (Å²) in [6.45, 7) is 10.8. The van der Waals surface area contributed by atoms with E-state index in [-0.39, 0.29) is 5.41 Å². The van der Waals surface area contributed by atoms with Crippen LogP contribution >= 0.6 is 0 Å². The van der Waals surface area contributed by atoms with Crippen LogP contribution in [0.2, 0.25) is 0 Å². The van der Waals surface area contributed by atoms with Gasteiger partial charge in [0.1, 0.15) is 17.6 Å². The maximum Gasteiger partial charge on any atom is 0.147 e. The normalized spacial score (nSPS) is 20.6. The van der Waals surface area contributed by atoms with Gasteiger partial charge < -0.3 is 9.42 Å². The molecule has 1 aliphatic carbocycles. The molecule has 1 heterocycles. The van der Waals surface area contributed by atoms with Gasteiger partial charge in [-0.05, 0) is 57.2 Å². The third-order valence-electron chi connectivity index (χ3n) is 5.06. The lowest BCUT2D eigenvalue weighted by Gasteiger charge is -2.28. The van der Waals surface area contributed by atoms with Crippen molar-refractivity contribution in [3.63, 3.8) is 0 Å². The van der Waals surface area contributed by atoms with Crippen LogP contribution in [-0.4, -0.2) is 18.2 Å². The second-order valence-corrected chi connectivity index (χ2v) is 6.15. The topological polar surface area (TPSA) is 29.3 Å². The van der Waals surface area contributed by atoms with E-state index in [0.717, 1.165) is 37.3 Å². The van der Waals surface area contributed by atoms with E-state index < -0.39 is 0 Å². The predicted molar refractivity (Wildman–Crippen MR) is 86.0 cm³/mol. The van der Waals surface area contributed by atoms with Crippen molar-refractivity contribution in [1.82, 2.24) is 5.16 Å². The Morgan fingerprint density at radius 3 is 2.76 bits per heavy atom. The van der Waals surface area contributed by atoms with Crippen LogP contribution in [0.1, 0.15) is 49.6 Å². The minimum Gasteiger partial charge on any atom is -0.368 e. The van der Waals surface area contributed by atoms with Crippen LogP contribution in [0.4, 0.5) is 5.69 Å². The van der Waals surface area contributed by atoms with E-state index in [1.54, 1.807) is 6.26 Å². The fourth-order valence-corrected chi connectivity index (χ4v) is 3.71. The van der Waals surface area contributed by atoms with Gasteiger partial charge >= 0.3 is 0 Å². The fourth-order valence-electron chi connectivity index (χ4n) is 3.71. The highest BCUT2D eigenvalue weighted by Crippen LogP contribution is 2.47. The highest BCUT2D eigenvalue weighted by molar-refractivity contribution is 5.58. The summed E-state index contributed by atoms with van der Waals surface area (Å²) in [6.07, 6.45) is 4.04. The summed E-state index contributed by atoms with van der Waals surface area (Å²) in [5, 5.41) is 4.40.